The van der Waals surface area contributed by atoms with Crippen molar-refractivity contribution in [3.05, 3.63) is 0 Å². The third-order valence-corrected chi connectivity index (χ3v) is 5.18. The molecule has 0 aromatic rings. The minimum Gasteiger partial charge on any atom is -0.330 e. The molecule has 0 amide bonds. The number of nitrogens with two attached hydrogens (primary N) is 1. The topological polar surface area (TPSA) is 29.3 Å². The Morgan fingerprint density at radius 1 is 1.00 bits per heavy atom. The van der Waals surface area contributed by atoms with Crippen LogP contribution in [0.1, 0.15) is 32.1 Å². The fourth-order valence-electron chi connectivity index (χ4n) is 3.00. The van der Waals surface area contributed by atoms with Gasteiger partial charge in [-0.2, -0.15) is 11.8 Å². The van der Waals surface area contributed by atoms with Gasteiger partial charge >= 0.3 is 0 Å². The van der Waals surface area contributed by atoms with E-state index in [0.29, 0.717) is 0 Å². The number of thioether (sulfide) groups is 1. The van der Waals surface area contributed by atoms with Crippen molar-refractivity contribution in [3.8, 4) is 0 Å². The molecule has 1 heterocycles. The minimum absolute atomic E-state index is 0.830. The molecular formula is C13H26N2S. The van der Waals surface area contributed by atoms with E-state index in [4.69, 9.17) is 5.73 Å². The standard InChI is InChI=1S/C13H26N2S/c14-10-12-2-4-13(5-3-12)11-15-6-1-8-16-9-7-15/h12-13H,1-11,14H2. The first kappa shape index (κ1) is 12.7. The van der Waals surface area contributed by atoms with Crippen molar-refractivity contribution in [2.45, 2.75) is 32.1 Å². The second-order valence-electron chi connectivity index (χ2n) is 5.39. The summed E-state index contributed by atoms with van der Waals surface area (Å²) in [6.07, 6.45) is 6.99. The highest BCUT2D eigenvalue weighted by atomic mass is 32.2. The van der Waals surface area contributed by atoms with Crippen molar-refractivity contribution in [2.75, 3.05) is 37.7 Å². The summed E-state index contributed by atoms with van der Waals surface area (Å²) in [5, 5.41) is 0. The van der Waals surface area contributed by atoms with Crippen LogP contribution in [0.4, 0.5) is 0 Å². The zero-order valence-corrected chi connectivity index (χ0v) is 11.2. The molecule has 0 aromatic carbocycles. The predicted molar refractivity (Wildman–Crippen MR) is 72.9 cm³/mol. The molecule has 0 spiro atoms. The first-order valence-corrected chi connectivity index (χ1v) is 8.04. The second kappa shape index (κ2) is 6.87. The number of hydrogen-bond donors (Lipinski definition) is 1. The maximum absolute atomic E-state index is 5.74. The van der Waals surface area contributed by atoms with E-state index in [0.717, 1.165) is 18.4 Å². The van der Waals surface area contributed by atoms with Crippen LogP contribution >= 0.6 is 11.8 Å². The van der Waals surface area contributed by atoms with Crippen molar-refractivity contribution in [3.63, 3.8) is 0 Å². The Morgan fingerprint density at radius 2 is 1.75 bits per heavy atom. The number of rotatable bonds is 3. The lowest BCUT2D eigenvalue weighted by atomic mass is 9.82. The molecule has 1 saturated carbocycles. The highest BCUT2D eigenvalue weighted by molar-refractivity contribution is 7.99. The molecular weight excluding hydrogens is 216 g/mol. The SMILES string of the molecule is NCC1CCC(CN2CCCSCC2)CC1. The monoisotopic (exact) mass is 242 g/mol. The average molecular weight is 242 g/mol. The molecule has 0 atom stereocenters. The molecule has 2 nitrogen and oxygen atoms in total. The molecule has 0 bridgehead atoms. The third-order valence-electron chi connectivity index (χ3n) is 4.13. The molecule has 16 heavy (non-hydrogen) atoms. The van der Waals surface area contributed by atoms with E-state index in [1.807, 2.05) is 0 Å². The van der Waals surface area contributed by atoms with E-state index in [-0.39, 0.29) is 0 Å². The van der Waals surface area contributed by atoms with Gasteiger partial charge in [-0.3, -0.25) is 0 Å². The van der Waals surface area contributed by atoms with Crippen LogP contribution in [0, 0.1) is 11.8 Å². The molecule has 1 aliphatic heterocycles. The molecule has 3 heteroatoms. The maximum Gasteiger partial charge on any atom is 0.00725 e. The molecule has 0 aromatic heterocycles. The summed E-state index contributed by atoms with van der Waals surface area (Å²) in [5.41, 5.74) is 5.74. The Morgan fingerprint density at radius 3 is 2.50 bits per heavy atom. The van der Waals surface area contributed by atoms with Gasteiger partial charge in [0.05, 0.1) is 0 Å². The zero-order chi connectivity index (χ0) is 11.2. The molecule has 0 unspecified atom stereocenters. The van der Waals surface area contributed by atoms with Gasteiger partial charge in [-0.15, -0.1) is 0 Å². The Balaban J connectivity index is 1.69. The molecule has 1 saturated heterocycles. The third kappa shape index (κ3) is 3.94. The van der Waals surface area contributed by atoms with Crippen LogP contribution < -0.4 is 5.73 Å². The normalized spacial score (nSPS) is 33.6. The summed E-state index contributed by atoms with van der Waals surface area (Å²) in [6, 6.07) is 0. The van der Waals surface area contributed by atoms with Gasteiger partial charge in [0, 0.05) is 18.8 Å². The van der Waals surface area contributed by atoms with Gasteiger partial charge in [0.1, 0.15) is 0 Å². The first-order chi connectivity index (χ1) is 7.88. The van der Waals surface area contributed by atoms with Crippen LogP contribution in [-0.4, -0.2) is 42.6 Å². The van der Waals surface area contributed by atoms with E-state index in [1.54, 1.807) is 0 Å². The Kier molecular flexibility index (Phi) is 5.46. The average Bonchev–Trinajstić information content (AvgIpc) is 2.59. The van der Waals surface area contributed by atoms with Gasteiger partial charge in [0.15, 0.2) is 0 Å². The van der Waals surface area contributed by atoms with E-state index >= 15 is 0 Å². The lowest BCUT2D eigenvalue weighted by molar-refractivity contribution is 0.190. The zero-order valence-electron chi connectivity index (χ0n) is 10.4. The van der Waals surface area contributed by atoms with Gasteiger partial charge in [0.25, 0.3) is 0 Å². The van der Waals surface area contributed by atoms with E-state index < -0.39 is 0 Å². The van der Waals surface area contributed by atoms with Crippen molar-refractivity contribution < 1.29 is 0 Å². The Labute approximate surface area is 104 Å². The molecule has 1 aliphatic carbocycles. The van der Waals surface area contributed by atoms with Gasteiger partial charge in [-0.25, -0.2) is 0 Å². The molecule has 2 rings (SSSR count). The van der Waals surface area contributed by atoms with Crippen molar-refractivity contribution in [2.24, 2.45) is 17.6 Å². The van der Waals surface area contributed by atoms with Crippen LogP contribution in [0.3, 0.4) is 0 Å². The quantitative estimate of drug-likeness (QED) is 0.822. The summed E-state index contributed by atoms with van der Waals surface area (Å²) in [7, 11) is 0. The van der Waals surface area contributed by atoms with Crippen LogP contribution in [0.2, 0.25) is 0 Å². The molecule has 94 valence electrons. The van der Waals surface area contributed by atoms with Crippen molar-refractivity contribution in [1.29, 1.82) is 0 Å². The fraction of sp³-hybridized carbons (Fsp3) is 1.00. The summed E-state index contributed by atoms with van der Waals surface area (Å²) in [5.74, 6) is 4.51. The lowest BCUT2D eigenvalue weighted by Crippen LogP contribution is -2.34. The van der Waals surface area contributed by atoms with E-state index in [1.165, 1.54) is 63.2 Å². The summed E-state index contributed by atoms with van der Waals surface area (Å²) in [6.45, 7) is 4.93. The van der Waals surface area contributed by atoms with Crippen LogP contribution in [0.5, 0.6) is 0 Å². The summed E-state index contributed by atoms with van der Waals surface area (Å²) >= 11 is 2.13. The smallest absolute Gasteiger partial charge is 0.00725 e. The number of hydrogen-bond acceptors (Lipinski definition) is 3. The fourth-order valence-corrected chi connectivity index (χ4v) is 3.92. The van der Waals surface area contributed by atoms with Crippen LogP contribution in [0.15, 0.2) is 0 Å². The van der Waals surface area contributed by atoms with E-state index in [9.17, 15) is 0 Å². The highest BCUT2D eigenvalue weighted by Gasteiger charge is 2.22. The lowest BCUT2D eigenvalue weighted by Gasteiger charge is -2.31. The predicted octanol–water partition coefficient (Wildman–Crippen LogP) is 2.19. The first-order valence-electron chi connectivity index (χ1n) is 6.88. The van der Waals surface area contributed by atoms with Gasteiger partial charge in [-0.05, 0) is 62.8 Å². The minimum atomic E-state index is 0.830. The summed E-state index contributed by atoms with van der Waals surface area (Å²) < 4.78 is 0. The van der Waals surface area contributed by atoms with Crippen molar-refractivity contribution in [1.82, 2.24) is 4.90 Å². The Hall–Kier alpha value is 0.270. The molecule has 2 fully saturated rings. The summed E-state index contributed by atoms with van der Waals surface area (Å²) in [4.78, 5) is 2.70. The molecule has 0 radical (unpaired) electrons. The van der Waals surface area contributed by atoms with Crippen molar-refractivity contribution >= 4 is 11.8 Å². The second-order valence-corrected chi connectivity index (χ2v) is 6.61. The van der Waals surface area contributed by atoms with Gasteiger partial charge in [0.2, 0.25) is 0 Å². The maximum atomic E-state index is 5.74. The van der Waals surface area contributed by atoms with Gasteiger partial charge < -0.3 is 10.6 Å². The van der Waals surface area contributed by atoms with E-state index in [2.05, 4.69) is 16.7 Å². The largest absolute Gasteiger partial charge is 0.330 e. The molecule has 2 N–H and O–H groups in total. The van der Waals surface area contributed by atoms with Crippen LogP contribution in [0.25, 0.3) is 0 Å². The Bertz CT molecular complexity index is 182. The van der Waals surface area contributed by atoms with Gasteiger partial charge in [-0.1, -0.05) is 0 Å². The number of nitrogens with zero attached hydrogens (tertiary/aromatic N) is 1. The highest BCUT2D eigenvalue weighted by Crippen LogP contribution is 2.29. The molecule has 2 aliphatic rings. The van der Waals surface area contributed by atoms with Crippen LogP contribution in [-0.2, 0) is 0 Å².